The summed E-state index contributed by atoms with van der Waals surface area (Å²) in [7, 11) is 0. The van der Waals surface area contributed by atoms with Crippen molar-refractivity contribution in [3.8, 4) is 17.2 Å². The van der Waals surface area contributed by atoms with Gasteiger partial charge in [-0.05, 0) is 61.0 Å². The fourth-order valence-corrected chi connectivity index (χ4v) is 2.44. The number of nitrogens with one attached hydrogen (secondary N) is 1. The molecular weight excluding hydrogens is 376 g/mol. The molecular formula is C22H19ClN2O3. The van der Waals surface area contributed by atoms with Crippen LogP contribution in [0.1, 0.15) is 12.5 Å². The van der Waals surface area contributed by atoms with Gasteiger partial charge in [0.2, 0.25) is 0 Å². The maximum atomic E-state index is 12.1. The molecule has 0 spiro atoms. The van der Waals surface area contributed by atoms with Gasteiger partial charge in [0.1, 0.15) is 17.2 Å². The van der Waals surface area contributed by atoms with Gasteiger partial charge in [-0.25, -0.2) is 5.43 Å². The van der Waals surface area contributed by atoms with Gasteiger partial charge < -0.3 is 9.47 Å². The van der Waals surface area contributed by atoms with Crippen LogP contribution in [0.4, 0.5) is 0 Å². The molecule has 1 atom stereocenters. The summed E-state index contributed by atoms with van der Waals surface area (Å²) in [5.41, 5.74) is 3.26. The van der Waals surface area contributed by atoms with Crippen LogP contribution in [0, 0.1) is 0 Å². The molecule has 0 saturated heterocycles. The highest BCUT2D eigenvalue weighted by molar-refractivity contribution is 6.30. The highest BCUT2D eigenvalue weighted by Gasteiger charge is 2.13. The lowest BCUT2D eigenvalue weighted by Gasteiger charge is -2.12. The number of amides is 1. The van der Waals surface area contributed by atoms with Gasteiger partial charge in [-0.3, -0.25) is 4.79 Å². The van der Waals surface area contributed by atoms with Crippen molar-refractivity contribution in [3.05, 3.63) is 89.4 Å². The van der Waals surface area contributed by atoms with Crippen molar-refractivity contribution in [1.29, 1.82) is 0 Å². The molecule has 0 fully saturated rings. The van der Waals surface area contributed by atoms with Crippen LogP contribution in [-0.2, 0) is 4.79 Å². The number of hydrogen-bond donors (Lipinski definition) is 1. The van der Waals surface area contributed by atoms with E-state index in [9.17, 15) is 4.79 Å². The summed E-state index contributed by atoms with van der Waals surface area (Å²) < 4.78 is 11.3. The van der Waals surface area contributed by atoms with Crippen LogP contribution >= 0.6 is 11.6 Å². The number of halogens is 1. The summed E-state index contributed by atoms with van der Waals surface area (Å²) in [6.07, 6.45) is 0.844. The van der Waals surface area contributed by atoms with Crippen LogP contribution in [0.15, 0.2) is 84.0 Å². The minimum Gasteiger partial charge on any atom is -0.481 e. The summed E-state index contributed by atoms with van der Waals surface area (Å²) in [6, 6.07) is 23.7. The van der Waals surface area contributed by atoms with E-state index in [-0.39, 0.29) is 5.91 Å². The normalized spacial score (nSPS) is 11.8. The number of carbonyl (C=O) groups is 1. The molecule has 0 aromatic heterocycles. The Hall–Kier alpha value is -3.31. The van der Waals surface area contributed by atoms with E-state index in [2.05, 4.69) is 10.5 Å². The predicted molar refractivity (Wildman–Crippen MR) is 110 cm³/mol. The molecule has 0 radical (unpaired) electrons. The van der Waals surface area contributed by atoms with Gasteiger partial charge >= 0.3 is 0 Å². The molecule has 0 heterocycles. The molecule has 0 saturated carbocycles. The van der Waals surface area contributed by atoms with Crippen LogP contribution in [-0.4, -0.2) is 18.2 Å². The van der Waals surface area contributed by atoms with Gasteiger partial charge in [0.25, 0.3) is 5.91 Å². The minimum absolute atomic E-state index is 0.358. The first kappa shape index (κ1) is 19.5. The topological polar surface area (TPSA) is 59.9 Å². The van der Waals surface area contributed by atoms with Crippen LogP contribution in [0.5, 0.6) is 17.2 Å². The summed E-state index contributed by atoms with van der Waals surface area (Å²) >= 11 is 5.83. The van der Waals surface area contributed by atoms with E-state index in [1.165, 1.54) is 0 Å². The zero-order chi connectivity index (χ0) is 19.8. The zero-order valence-electron chi connectivity index (χ0n) is 15.2. The van der Waals surface area contributed by atoms with Gasteiger partial charge in [0.05, 0.1) is 6.21 Å². The number of carbonyl (C=O) groups excluding carboxylic acids is 1. The number of benzene rings is 3. The number of nitrogens with zero attached hydrogens (tertiary/aromatic N) is 1. The first-order valence-corrected chi connectivity index (χ1v) is 9.06. The third-order valence-electron chi connectivity index (χ3n) is 3.72. The molecule has 0 bridgehead atoms. The van der Waals surface area contributed by atoms with Crippen molar-refractivity contribution < 1.29 is 14.3 Å². The standard InChI is InChI=1S/C22H19ClN2O3/c1-16(27-20-12-10-18(23)11-13-20)22(26)25-24-15-17-6-5-9-21(14-17)28-19-7-3-2-4-8-19/h2-16H,1H3,(H,25,26)/b24-15-/t16-/m0/s1. The molecule has 5 nitrogen and oxygen atoms in total. The molecule has 0 aliphatic heterocycles. The molecule has 0 aliphatic rings. The van der Waals surface area contributed by atoms with Gasteiger partial charge in [0.15, 0.2) is 6.10 Å². The molecule has 3 aromatic carbocycles. The Kier molecular flexibility index (Phi) is 6.65. The first-order valence-electron chi connectivity index (χ1n) is 8.68. The maximum Gasteiger partial charge on any atom is 0.280 e. The number of ether oxygens (including phenoxy) is 2. The van der Waals surface area contributed by atoms with Gasteiger partial charge in [-0.2, -0.15) is 5.10 Å². The maximum absolute atomic E-state index is 12.1. The van der Waals surface area contributed by atoms with E-state index in [1.807, 2.05) is 54.6 Å². The third kappa shape index (κ3) is 5.86. The summed E-state index contributed by atoms with van der Waals surface area (Å²) in [4.78, 5) is 12.1. The molecule has 0 unspecified atom stereocenters. The number of para-hydroxylation sites is 1. The molecule has 3 rings (SSSR count). The van der Waals surface area contributed by atoms with E-state index in [0.29, 0.717) is 16.5 Å². The van der Waals surface area contributed by atoms with Crippen molar-refractivity contribution in [1.82, 2.24) is 5.43 Å². The summed E-state index contributed by atoms with van der Waals surface area (Å²) in [5, 5.41) is 4.59. The molecule has 1 N–H and O–H groups in total. The Morgan fingerprint density at radius 2 is 1.68 bits per heavy atom. The van der Waals surface area contributed by atoms with Crippen molar-refractivity contribution in [2.45, 2.75) is 13.0 Å². The molecule has 28 heavy (non-hydrogen) atoms. The lowest BCUT2D eigenvalue weighted by molar-refractivity contribution is -0.127. The molecule has 3 aromatic rings. The van der Waals surface area contributed by atoms with Gasteiger partial charge in [-0.1, -0.05) is 41.9 Å². The lowest BCUT2D eigenvalue weighted by atomic mass is 10.2. The van der Waals surface area contributed by atoms with Crippen LogP contribution in [0.3, 0.4) is 0 Å². The van der Waals surface area contributed by atoms with Crippen molar-refractivity contribution in [2.24, 2.45) is 5.10 Å². The zero-order valence-corrected chi connectivity index (χ0v) is 16.0. The van der Waals surface area contributed by atoms with Crippen molar-refractivity contribution in [2.75, 3.05) is 0 Å². The molecule has 6 heteroatoms. The smallest absolute Gasteiger partial charge is 0.280 e. The lowest BCUT2D eigenvalue weighted by Crippen LogP contribution is -2.33. The molecule has 1 amide bonds. The first-order chi connectivity index (χ1) is 13.6. The minimum atomic E-state index is -0.703. The predicted octanol–water partition coefficient (Wildman–Crippen LogP) is 5.05. The van der Waals surface area contributed by atoms with E-state index < -0.39 is 6.10 Å². The van der Waals surface area contributed by atoms with E-state index in [4.69, 9.17) is 21.1 Å². The average molecular weight is 395 g/mol. The highest BCUT2D eigenvalue weighted by atomic mass is 35.5. The van der Waals surface area contributed by atoms with Gasteiger partial charge in [0, 0.05) is 5.02 Å². The SMILES string of the molecule is C[C@H](Oc1ccc(Cl)cc1)C(=O)N/N=C\c1cccc(Oc2ccccc2)c1. The second kappa shape index (κ2) is 9.58. The summed E-state index contributed by atoms with van der Waals surface area (Å²) in [6.45, 7) is 1.65. The summed E-state index contributed by atoms with van der Waals surface area (Å²) in [5.74, 6) is 1.63. The van der Waals surface area contributed by atoms with Crippen molar-refractivity contribution >= 4 is 23.7 Å². The second-order valence-electron chi connectivity index (χ2n) is 5.94. The fraction of sp³-hybridized carbons (Fsp3) is 0.0909. The Labute approximate surface area is 168 Å². The van der Waals surface area contributed by atoms with Gasteiger partial charge in [-0.15, -0.1) is 0 Å². The van der Waals surface area contributed by atoms with E-state index in [1.54, 1.807) is 37.4 Å². The number of hydrazone groups is 1. The number of hydrogen-bond acceptors (Lipinski definition) is 4. The molecule has 0 aliphatic carbocycles. The monoisotopic (exact) mass is 394 g/mol. The largest absolute Gasteiger partial charge is 0.481 e. The van der Waals surface area contributed by atoms with Crippen LogP contribution in [0.2, 0.25) is 5.02 Å². The van der Waals surface area contributed by atoms with Crippen molar-refractivity contribution in [3.63, 3.8) is 0 Å². The average Bonchev–Trinajstić information content (AvgIpc) is 2.71. The quantitative estimate of drug-likeness (QED) is 0.450. The van der Waals surface area contributed by atoms with Crippen LogP contribution < -0.4 is 14.9 Å². The van der Waals surface area contributed by atoms with E-state index >= 15 is 0 Å². The Bertz CT molecular complexity index is 944. The van der Waals surface area contributed by atoms with E-state index in [0.717, 1.165) is 11.3 Å². The second-order valence-corrected chi connectivity index (χ2v) is 6.37. The Morgan fingerprint density at radius 3 is 2.43 bits per heavy atom. The fourth-order valence-electron chi connectivity index (χ4n) is 2.32. The number of rotatable bonds is 7. The Balaban J connectivity index is 1.54. The Morgan fingerprint density at radius 1 is 0.964 bits per heavy atom. The molecule has 142 valence electrons. The third-order valence-corrected chi connectivity index (χ3v) is 3.97. The highest BCUT2D eigenvalue weighted by Crippen LogP contribution is 2.21. The van der Waals surface area contributed by atoms with Crippen LogP contribution in [0.25, 0.3) is 0 Å².